The SMILES string of the molecule is CC(C)N(Cc1nnc(-c2ccccc2Cl)o1)C(=O)c1ccc(F)cc1Cl. The summed E-state index contributed by atoms with van der Waals surface area (Å²) in [6.07, 6.45) is 0. The van der Waals surface area contributed by atoms with Gasteiger partial charge in [-0.2, -0.15) is 0 Å². The Morgan fingerprint density at radius 2 is 1.89 bits per heavy atom. The van der Waals surface area contributed by atoms with Crippen molar-refractivity contribution in [2.45, 2.75) is 26.4 Å². The Balaban J connectivity index is 1.85. The van der Waals surface area contributed by atoms with E-state index in [4.69, 9.17) is 27.6 Å². The summed E-state index contributed by atoms with van der Waals surface area (Å²) >= 11 is 12.2. The highest BCUT2D eigenvalue weighted by molar-refractivity contribution is 6.34. The first-order valence-electron chi connectivity index (χ1n) is 8.20. The number of hydrogen-bond acceptors (Lipinski definition) is 4. The van der Waals surface area contributed by atoms with Crippen molar-refractivity contribution >= 4 is 29.1 Å². The molecular weight excluding hydrogens is 392 g/mol. The van der Waals surface area contributed by atoms with Crippen LogP contribution in [0, 0.1) is 5.82 Å². The summed E-state index contributed by atoms with van der Waals surface area (Å²) < 4.78 is 18.9. The summed E-state index contributed by atoms with van der Waals surface area (Å²) in [5.41, 5.74) is 0.819. The van der Waals surface area contributed by atoms with Gasteiger partial charge in [0.1, 0.15) is 5.82 Å². The first-order chi connectivity index (χ1) is 12.9. The number of amides is 1. The topological polar surface area (TPSA) is 59.2 Å². The van der Waals surface area contributed by atoms with Crippen molar-refractivity contribution in [2.75, 3.05) is 0 Å². The summed E-state index contributed by atoms with van der Waals surface area (Å²) in [5, 5.41) is 8.55. The molecule has 1 amide bonds. The lowest BCUT2D eigenvalue weighted by molar-refractivity contribution is 0.0672. The lowest BCUT2D eigenvalue weighted by Gasteiger charge is -2.25. The van der Waals surface area contributed by atoms with E-state index in [0.29, 0.717) is 10.6 Å². The third-order valence-electron chi connectivity index (χ3n) is 3.92. The van der Waals surface area contributed by atoms with Crippen molar-refractivity contribution in [1.82, 2.24) is 15.1 Å². The van der Waals surface area contributed by atoms with E-state index < -0.39 is 5.82 Å². The highest BCUT2D eigenvalue weighted by Crippen LogP contribution is 2.27. The molecule has 0 fully saturated rings. The molecule has 0 radical (unpaired) electrons. The molecule has 0 saturated carbocycles. The van der Waals surface area contributed by atoms with Crippen molar-refractivity contribution in [3.05, 3.63) is 69.8 Å². The third kappa shape index (κ3) is 4.28. The van der Waals surface area contributed by atoms with Crippen LogP contribution in [0.3, 0.4) is 0 Å². The Morgan fingerprint density at radius 1 is 1.15 bits per heavy atom. The van der Waals surface area contributed by atoms with E-state index in [0.717, 1.165) is 6.07 Å². The van der Waals surface area contributed by atoms with Gasteiger partial charge >= 0.3 is 0 Å². The maximum absolute atomic E-state index is 13.3. The van der Waals surface area contributed by atoms with Crippen LogP contribution >= 0.6 is 23.2 Å². The molecule has 3 rings (SSSR count). The summed E-state index contributed by atoms with van der Waals surface area (Å²) in [7, 11) is 0. The van der Waals surface area contributed by atoms with Crippen LogP contribution in [-0.2, 0) is 6.54 Å². The zero-order valence-electron chi connectivity index (χ0n) is 14.6. The molecule has 0 N–H and O–H groups in total. The molecule has 1 heterocycles. The number of rotatable bonds is 5. The van der Waals surface area contributed by atoms with Crippen LogP contribution in [0.25, 0.3) is 11.5 Å². The number of benzene rings is 2. The molecule has 0 bridgehead atoms. The second kappa shape index (κ2) is 8.06. The first-order valence-corrected chi connectivity index (χ1v) is 8.95. The fourth-order valence-corrected chi connectivity index (χ4v) is 2.98. The minimum absolute atomic E-state index is 0.0490. The summed E-state index contributed by atoms with van der Waals surface area (Å²) in [4.78, 5) is 14.4. The summed E-state index contributed by atoms with van der Waals surface area (Å²) in [5.74, 6) is -0.335. The van der Waals surface area contributed by atoms with E-state index in [1.54, 1.807) is 18.2 Å². The molecule has 27 heavy (non-hydrogen) atoms. The normalized spacial score (nSPS) is 11.0. The fourth-order valence-electron chi connectivity index (χ4n) is 2.51. The largest absolute Gasteiger partial charge is 0.419 e. The zero-order chi connectivity index (χ0) is 19.6. The Morgan fingerprint density at radius 3 is 2.56 bits per heavy atom. The Kier molecular flexibility index (Phi) is 5.77. The Bertz CT molecular complexity index is 975. The van der Waals surface area contributed by atoms with Crippen LogP contribution in [0.4, 0.5) is 4.39 Å². The average Bonchev–Trinajstić information content (AvgIpc) is 3.08. The predicted octanol–water partition coefficient (Wildman–Crippen LogP) is 5.23. The minimum Gasteiger partial charge on any atom is -0.419 e. The van der Waals surface area contributed by atoms with Gasteiger partial charge in [0.15, 0.2) is 0 Å². The number of nitrogens with zero attached hydrogens (tertiary/aromatic N) is 3. The average molecular weight is 408 g/mol. The molecule has 140 valence electrons. The number of aromatic nitrogens is 2. The van der Waals surface area contributed by atoms with E-state index in [9.17, 15) is 9.18 Å². The molecule has 0 spiro atoms. The standard InChI is InChI=1S/C19H16Cl2FN3O2/c1-11(2)25(19(26)14-8-7-12(22)9-16(14)21)10-17-23-24-18(27-17)13-5-3-4-6-15(13)20/h3-9,11H,10H2,1-2H3. The van der Waals surface area contributed by atoms with Gasteiger partial charge in [0.05, 0.1) is 27.7 Å². The van der Waals surface area contributed by atoms with E-state index in [-0.39, 0.29) is 40.9 Å². The highest BCUT2D eigenvalue weighted by atomic mass is 35.5. The van der Waals surface area contributed by atoms with Gasteiger partial charge < -0.3 is 9.32 Å². The van der Waals surface area contributed by atoms with Gasteiger partial charge in [0.2, 0.25) is 11.8 Å². The number of carbonyl (C=O) groups excluding carboxylic acids is 1. The monoisotopic (exact) mass is 407 g/mol. The molecule has 8 heteroatoms. The van der Waals surface area contributed by atoms with E-state index >= 15 is 0 Å². The van der Waals surface area contributed by atoms with Gasteiger partial charge in [-0.05, 0) is 44.2 Å². The lowest BCUT2D eigenvalue weighted by Crippen LogP contribution is -2.36. The Labute approximate surface area is 165 Å². The molecule has 0 aliphatic carbocycles. The molecule has 5 nitrogen and oxygen atoms in total. The van der Waals surface area contributed by atoms with Gasteiger partial charge in [-0.25, -0.2) is 4.39 Å². The number of hydrogen-bond donors (Lipinski definition) is 0. The zero-order valence-corrected chi connectivity index (χ0v) is 16.1. The molecule has 0 saturated heterocycles. The van der Waals surface area contributed by atoms with Gasteiger partial charge in [0.25, 0.3) is 5.91 Å². The second-order valence-electron chi connectivity index (χ2n) is 6.13. The summed E-state index contributed by atoms with van der Waals surface area (Å²) in [6.45, 7) is 3.78. The number of carbonyl (C=O) groups is 1. The van der Waals surface area contributed by atoms with Gasteiger partial charge in [0, 0.05) is 6.04 Å². The van der Waals surface area contributed by atoms with Gasteiger partial charge in [-0.1, -0.05) is 35.3 Å². The molecule has 0 atom stereocenters. The summed E-state index contributed by atoms with van der Waals surface area (Å²) in [6, 6.07) is 10.6. The quantitative estimate of drug-likeness (QED) is 0.580. The maximum Gasteiger partial charge on any atom is 0.256 e. The van der Waals surface area contributed by atoms with Crippen molar-refractivity contribution < 1.29 is 13.6 Å². The lowest BCUT2D eigenvalue weighted by atomic mass is 10.1. The molecule has 0 unspecified atom stereocenters. The smallest absolute Gasteiger partial charge is 0.256 e. The molecule has 0 aliphatic heterocycles. The van der Waals surface area contributed by atoms with Gasteiger partial charge in [-0.15, -0.1) is 10.2 Å². The fraction of sp³-hybridized carbons (Fsp3) is 0.211. The van der Waals surface area contributed by atoms with Crippen molar-refractivity contribution in [1.29, 1.82) is 0 Å². The minimum atomic E-state index is -0.506. The maximum atomic E-state index is 13.3. The third-order valence-corrected chi connectivity index (χ3v) is 4.56. The molecule has 0 aliphatic rings. The van der Waals surface area contributed by atoms with Crippen LogP contribution < -0.4 is 0 Å². The van der Waals surface area contributed by atoms with Crippen LogP contribution in [-0.4, -0.2) is 27.0 Å². The van der Waals surface area contributed by atoms with Crippen molar-refractivity contribution in [3.63, 3.8) is 0 Å². The van der Waals surface area contributed by atoms with E-state index in [2.05, 4.69) is 10.2 Å². The van der Waals surface area contributed by atoms with Gasteiger partial charge in [-0.3, -0.25) is 4.79 Å². The Hall–Kier alpha value is -2.44. The molecule has 1 aromatic heterocycles. The second-order valence-corrected chi connectivity index (χ2v) is 6.95. The molecule has 3 aromatic rings. The van der Waals surface area contributed by atoms with Crippen molar-refractivity contribution in [3.8, 4) is 11.5 Å². The van der Waals surface area contributed by atoms with Crippen molar-refractivity contribution in [2.24, 2.45) is 0 Å². The van der Waals surface area contributed by atoms with Crippen LogP contribution in [0.1, 0.15) is 30.1 Å². The predicted molar refractivity (Wildman–Crippen MR) is 101 cm³/mol. The number of halogens is 3. The van der Waals surface area contributed by atoms with E-state index in [1.807, 2.05) is 19.9 Å². The van der Waals surface area contributed by atoms with E-state index in [1.165, 1.54) is 17.0 Å². The molecular formula is C19H16Cl2FN3O2. The van der Waals surface area contributed by atoms with Crippen LogP contribution in [0.5, 0.6) is 0 Å². The van der Waals surface area contributed by atoms with Crippen LogP contribution in [0.2, 0.25) is 10.0 Å². The highest BCUT2D eigenvalue weighted by Gasteiger charge is 2.24. The molecule has 2 aromatic carbocycles. The van der Waals surface area contributed by atoms with Crippen LogP contribution in [0.15, 0.2) is 46.9 Å². The first kappa shape index (κ1) is 19.3.